The highest BCUT2D eigenvalue weighted by Crippen LogP contribution is 2.31. The number of alkyl halides is 4. The summed E-state index contributed by atoms with van der Waals surface area (Å²) < 4.78 is 36.8. The lowest BCUT2D eigenvalue weighted by Crippen LogP contribution is -2.17. The Morgan fingerprint density at radius 3 is 2.47 bits per heavy atom. The molecule has 0 aliphatic carbocycles. The van der Waals surface area contributed by atoms with Gasteiger partial charge in [0, 0.05) is 0 Å². The molecule has 2 N–H and O–H groups in total. The molecule has 2 nitrogen and oxygen atoms in total. The molecule has 1 aromatic rings. The number of carbonyl (C=O) groups excluding carboxylic acids is 1. The number of hydrogen-bond donors (Lipinski definition) is 1. The second-order valence-corrected chi connectivity index (χ2v) is 3.32. The molecule has 6 heteroatoms. The van der Waals surface area contributed by atoms with E-state index in [4.69, 9.17) is 17.3 Å². The maximum absolute atomic E-state index is 12.3. The van der Waals surface area contributed by atoms with Gasteiger partial charge in [-0.25, -0.2) is 0 Å². The van der Waals surface area contributed by atoms with Gasteiger partial charge in [-0.3, -0.25) is 4.79 Å². The van der Waals surface area contributed by atoms with Gasteiger partial charge in [0.1, 0.15) is 5.38 Å². The van der Waals surface area contributed by atoms with Crippen LogP contribution in [0.15, 0.2) is 24.3 Å². The fraction of sp³-hybridized carbons (Fsp3) is 0.222. The molecule has 1 atom stereocenters. The van der Waals surface area contributed by atoms with Gasteiger partial charge in [-0.05, 0) is 17.7 Å². The van der Waals surface area contributed by atoms with E-state index < -0.39 is 23.0 Å². The van der Waals surface area contributed by atoms with Gasteiger partial charge < -0.3 is 5.73 Å². The van der Waals surface area contributed by atoms with Gasteiger partial charge in [0.2, 0.25) is 5.91 Å². The van der Waals surface area contributed by atoms with Gasteiger partial charge in [0.15, 0.2) is 0 Å². The van der Waals surface area contributed by atoms with E-state index >= 15 is 0 Å². The summed E-state index contributed by atoms with van der Waals surface area (Å²) in [5.74, 6) is -0.879. The van der Waals surface area contributed by atoms with Crippen LogP contribution in [-0.2, 0) is 11.0 Å². The molecule has 15 heavy (non-hydrogen) atoms. The number of halogens is 4. The van der Waals surface area contributed by atoms with E-state index in [2.05, 4.69) is 0 Å². The molecule has 1 rings (SSSR count). The first-order chi connectivity index (χ1) is 6.82. The number of primary amides is 1. The minimum atomic E-state index is -4.45. The summed E-state index contributed by atoms with van der Waals surface area (Å²) in [6, 6.07) is 4.20. The van der Waals surface area contributed by atoms with Crippen LogP contribution in [0.3, 0.4) is 0 Å². The average Bonchev–Trinajstić information content (AvgIpc) is 2.15. The summed E-state index contributed by atoms with van der Waals surface area (Å²) in [4.78, 5) is 10.7. The van der Waals surface area contributed by atoms with E-state index in [1.807, 2.05) is 0 Å². The van der Waals surface area contributed by atoms with Crippen molar-refractivity contribution in [3.63, 3.8) is 0 Å². The number of nitrogens with two attached hydrogens (primary N) is 1. The van der Waals surface area contributed by atoms with Crippen LogP contribution >= 0.6 is 11.6 Å². The molecule has 0 aliphatic rings. The van der Waals surface area contributed by atoms with Gasteiger partial charge in [-0.1, -0.05) is 12.1 Å². The molecule has 82 valence electrons. The van der Waals surface area contributed by atoms with Gasteiger partial charge in [0.05, 0.1) is 5.56 Å². The van der Waals surface area contributed by atoms with E-state index in [-0.39, 0.29) is 5.56 Å². The summed E-state index contributed by atoms with van der Waals surface area (Å²) in [6.07, 6.45) is -4.45. The molecule has 1 unspecified atom stereocenters. The first-order valence-corrected chi connectivity index (χ1v) is 4.36. The summed E-state index contributed by atoms with van der Waals surface area (Å²) in [5.41, 5.74) is 4.06. The molecule has 0 bridgehead atoms. The van der Waals surface area contributed by atoms with Gasteiger partial charge in [-0.15, -0.1) is 11.6 Å². The molecule has 0 spiro atoms. The SMILES string of the molecule is NC(=O)C(Cl)c1cccc(C(F)(F)F)c1. The number of carbonyl (C=O) groups is 1. The Morgan fingerprint density at radius 1 is 1.40 bits per heavy atom. The third kappa shape index (κ3) is 2.86. The first kappa shape index (κ1) is 11.8. The van der Waals surface area contributed by atoms with Crippen molar-refractivity contribution in [2.24, 2.45) is 5.73 Å². The molecule has 0 aromatic heterocycles. The highest BCUT2D eigenvalue weighted by atomic mass is 35.5. The Morgan fingerprint density at radius 2 is 2.00 bits per heavy atom. The van der Waals surface area contributed by atoms with Crippen molar-refractivity contribution in [3.05, 3.63) is 35.4 Å². The lowest BCUT2D eigenvalue weighted by Gasteiger charge is -2.10. The van der Waals surface area contributed by atoms with Crippen LogP contribution in [0.4, 0.5) is 13.2 Å². The largest absolute Gasteiger partial charge is 0.416 e. The fourth-order valence-electron chi connectivity index (χ4n) is 1.04. The topological polar surface area (TPSA) is 43.1 Å². The number of rotatable bonds is 2. The number of amides is 1. The van der Waals surface area contributed by atoms with Crippen molar-refractivity contribution in [2.45, 2.75) is 11.6 Å². The minimum Gasteiger partial charge on any atom is -0.368 e. The highest BCUT2D eigenvalue weighted by molar-refractivity contribution is 6.30. The van der Waals surface area contributed by atoms with E-state index in [9.17, 15) is 18.0 Å². The van der Waals surface area contributed by atoms with E-state index in [0.29, 0.717) is 0 Å². The third-order valence-electron chi connectivity index (χ3n) is 1.76. The zero-order valence-corrected chi connectivity index (χ0v) is 8.14. The van der Waals surface area contributed by atoms with Crippen molar-refractivity contribution >= 4 is 17.5 Å². The van der Waals surface area contributed by atoms with Crippen LogP contribution in [0.1, 0.15) is 16.5 Å². The summed E-state index contributed by atoms with van der Waals surface area (Å²) in [6.45, 7) is 0. The lowest BCUT2D eigenvalue weighted by atomic mass is 10.1. The number of hydrogen-bond acceptors (Lipinski definition) is 1. The summed E-state index contributed by atoms with van der Waals surface area (Å²) in [7, 11) is 0. The van der Waals surface area contributed by atoms with Crippen molar-refractivity contribution < 1.29 is 18.0 Å². The Bertz CT molecular complexity index is 378. The summed E-state index contributed by atoms with van der Waals surface area (Å²) >= 11 is 5.52. The quantitative estimate of drug-likeness (QED) is 0.789. The minimum absolute atomic E-state index is 0.0407. The van der Waals surface area contributed by atoms with E-state index in [0.717, 1.165) is 12.1 Å². The van der Waals surface area contributed by atoms with Crippen LogP contribution in [0, 0.1) is 0 Å². The molecule has 0 heterocycles. The zero-order valence-electron chi connectivity index (χ0n) is 7.38. The fourth-order valence-corrected chi connectivity index (χ4v) is 1.17. The molecular weight excluding hydrogens is 231 g/mol. The molecule has 0 radical (unpaired) electrons. The molecule has 0 saturated heterocycles. The maximum atomic E-state index is 12.3. The van der Waals surface area contributed by atoms with Crippen molar-refractivity contribution in [1.29, 1.82) is 0 Å². The Kier molecular flexibility index (Phi) is 3.24. The smallest absolute Gasteiger partial charge is 0.368 e. The number of benzene rings is 1. The van der Waals surface area contributed by atoms with Crippen molar-refractivity contribution in [1.82, 2.24) is 0 Å². The van der Waals surface area contributed by atoms with Crippen LogP contribution in [0.2, 0.25) is 0 Å². The predicted molar refractivity (Wildman–Crippen MR) is 49.2 cm³/mol. The van der Waals surface area contributed by atoms with Crippen LogP contribution < -0.4 is 5.73 Å². The normalized spacial score (nSPS) is 13.6. The van der Waals surface area contributed by atoms with E-state index in [1.165, 1.54) is 12.1 Å². The van der Waals surface area contributed by atoms with Crippen LogP contribution in [0.25, 0.3) is 0 Å². The van der Waals surface area contributed by atoms with Crippen LogP contribution in [-0.4, -0.2) is 5.91 Å². The van der Waals surface area contributed by atoms with Crippen LogP contribution in [0.5, 0.6) is 0 Å². The second kappa shape index (κ2) is 4.10. The monoisotopic (exact) mass is 237 g/mol. The average molecular weight is 238 g/mol. The van der Waals surface area contributed by atoms with Gasteiger partial charge >= 0.3 is 6.18 Å². The third-order valence-corrected chi connectivity index (χ3v) is 2.22. The second-order valence-electron chi connectivity index (χ2n) is 2.89. The molecule has 0 fully saturated rings. The molecule has 1 amide bonds. The molecular formula is C9H7ClF3NO. The Labute approximate surface area is 88.8 Å². The molecule has 0 aliphatic heterocycles. The van der Waals surface area contributed by atoms with Crippen molar-refractivity contribution in [3.8, 4) is 0 Å². The first-order valence-electron chi connectivity index (χ1n) is 3.93. The zero-order chi connectivity index (χ0) is 11.6. The standard InChI is InChI=1S/C9H7ClF3NO/c10-7(8(14)15)5-2-1-3-6(4-5)9(11,12)13/h1-4,7H,(H2,14,15). The highest BCUT2D eigenvalue weighted by Gasteiger charge is 2.31. The van der Waals surface area contributed by atoms with Gasteiger partial charge in [0.25, 0.3) is 0 Å². The van der Waals surface area contributed by atoms with Crippen molar-refractivity contribution in [2.75, 3.05) is 0 Å². The Hall–Kier alpha value is -1.23. The predicted octanol–water partition coefficient (Wildman–Crippen LogP) is 2.47. The lowest BCUT2D eigenvalue weighted by molar-refractivity contribution is -0.137. The van der Waals surface area contributed by atoms with Gasteiger partial charge in [-0.2, -0.15) is 13.2 Å². The molecule has 0 saturated carbocycles. The Balaban J connectivity index is 3.08. The summed E-state index contributed by atoms with van der Waals surface area (Å²) in [5, 5.41) is -1.24. The molecule has 1 aromatic carbocycles. The van der Waals surface area contributed by atoms with E-state index in [1.54, 1.807) is 0 Å². The maximum Gasteiger partial charge on any atom is 0.416 e.